The summed E-state index contributed by atoms with van der Waals surface area (Å²) >= 11 is 1.41. The van der Waals surface area contributed by atoms with Crippen LogP contribution in [0.1, 0.15) is 26.6 Å². The smallest absolute Gasteiger partial charge is 0.292 e. The molecular weight excluding hydrogens is 350 g/mol. The highest BCUT2D eigenvalue weighted by Gasteiger charge is 2.24. The Labute approximate surface area is 153 Å². The molecule has 0 spiro atoms. The van der Waals surface area contributed by atoms with Crippen LogP contribution in [0.25, 0.3) is 11.0 Å². The van der Waals surface area contributed by atoms with E-state index >= 15 is 0 Å². The highest BCUT2D eigenvalue weighted by atomic mass is 32.1. The molecule has 130 valence electrons. The molecule has 0 atom stereocenters. The van der Waals surface area contributed by atoms with E-state index in [1.54, 1.807) is 24.3 Å². The van der Waals surface area contributed by atoms with Gasteiger partial charge in [0.2, 0.25) is 0 Å². The van der Waals surface area contributed by atoms with Crippen LogP contribution < -0.4 is 10.7 Å². The molecule has 1 aromatic carbocycles. The first-order valence-corrected chi connectivity index (χ1v) is 8.96. The molecule has 1 aliphatic rings. The number of hydrogen-bond donors (Lipinski definition) is 1. The Morgan fingerprint density at radius 2 is 2.19 bits per heavy atom. The Kier molecular flexibility index (Phi) is 4.07. The number of para-hydroxylation sites is 1. The zero-order chi connectivity index (χ0) is 18.3. The van der Waals surface area contributed by atoms with Crippen LogP contribution in [0.15, 0.2) is 39.5 Å². The summed E-state index contributed by atoms with van der Waals surface area (Å²) in [6.07, 6.45) is 0.784. The van der Waals surface area contributed by atoms with Crippen molar-refractivity contribution < 1.29 is 9.21 Å². The van der Waals surface area contributed by atoms with Crippen molar-refractivity contribution in [2.75, 3.05) is 18.9 Å². The van der Waals surface area contributed by atoms with E-state index in [-0.39, 0.29) is 11.2 Å². The first-order valence-electron chi connectivity index (χ1n) is 8.14. The van der Waals surface area contributed by atoms with Crippen LogP contribution >= 0.6 is 11.3 Å². The Hall–Kier alpha value is -2.95. The summed E-state index contributed by atoms with van der Waals surface area (Å²) in [6.45, 7) is 1.64. The Morgan fingerprint density at radius 3 is 3.00 bits per heavy atom. The fraction of sp³-hybridized carbons (Fsp3) is 0.211. The maximum atomic E-state index is 12.6. The van der Waals surface area contributed by atoms with Crippen LogP contribution in [0.2, 0.25) is 0 Å². The van der Waals surface area contributed by atoms with Crippen LogP contribution in [0.5, 0.6) is 0 Å². The molecule has 6 nitrogen and oxygen atoms in total. The van der Waals surface area contributed by atoms with Gasteiger partial charge in [-0.2, -0.15) is 5.26 Å². The summed E-state index contributed by atoms with van der Waals surface area (Å²) in [6, 6.07) is 10.2. The minimum absolute atomic E-state index is 0.0684. The molecule has 7 heteroatoms. The van der Waals surface area contributed by atoms with Crippen molar-refractivity contribution in [3.8, 4) is 6.07 Å². The third-order valence-corrected chi connectivity index (χ3v) is 5.58. The number of nitrogens with one attached hydrogen (secondary N) is 1. The maximum absolute atomic E-state index is 12.6. The molecule has 1 aliphatic heterocycles. The van der Waals surface area contributed by atoms with E-state index in [1.165, 1.54) is 17.4 Å². The van der Waals surface area contributed by atoms with Crippen molar-refractivity contribution in [1.82, 2.24) is 4.90 Å². The van der Waals surface area contributed by atoms with Gasteiger partial charge in [-0.15, -0.1) is 11.3 Å². The highest BCUT2D eigenvalue weighted by Crippen LogP contribution is 2.36. The third kappa shape index (κ3) is 2.79. The highest BCUT2D eigenvalue weighted by molar-refractivity contribution is 7.16. The Morgan fingerprint density at radius 1 is 1.38 bits per heavy atom. The maximum Gasteiger partial charge on any atom is 0.292 e. The molecule has 3 heterocycles. The van der Waals surface area contributed by atoms with Gasteiger partial charge in [0.05, 0.1) is 10.9 Å². The monoisotopic (exact) mass is 365 g/mol. The molecule has 26 heavy (non-hydrogen) atoms. The lowest BCUT2D eigenvalue weighted by Gasteiger charge is -2.21. The number of nitrogens with zero attached hydrogens (tertiary/aromatic N) is 2. The number of fused-ring (bicyclic) bond motifs is 2. The zero-order valence-electron chi connectivity index (χ0n) is 14.0. The second-order valence-electron chi connectivity index (χ2n) is 6.23. The van der Waals surface area contributed by atoms with Crippen LogP contribution in [0, 0.1) is 11.3 Å². The fourth-order valence-corrected chi connectivity index (χ4v) is 4.39. The Bertz CT molecular complexity index is 1120. The summed E-state index contributed by atoms with van der Waals surface area (Å²) in [4.78, 5) is 28.0. The minimum atomic E-state index is -0.531. The van der Waals surface area contributed by atoms with Gasteiger partial charge in [0.15, 0.2) is 11.2 Å². The number of amides is 1. The number of benzene rings is 1. The van der Waals surface area contributed by atoms with E-state index in [2.05, 4.69) is 16.3 Å². The topological polar surface area (TPSA) is 86.3 Å². The number of thiophene rings is 1. The number of carbonyl (C=O) groups excluding carboxylic acids is 1. The number of carbonyl (C=O) groups is 1. The molecule has 0 saturated heterocycles. The number of rotatable bonds is 2. The van der Waals surface area contributed by atoms with Crippen molar-refractivity contribution in [2.24, 2.45) is 0 Å². The van der Waals surface area contributed by atoms with E-state index in [4.69, 9.17) is 4.42 Å². The molecule has 3 aromatic rings. The van der Waals surface area contributed by atoms with Gasteiger partial charge >= 0.3 is 0 Å². The number of hydrogen-bond acceptors (Lipinski definition) is 6. The molecule has 0 fully saturated rings. The summed E-state index contributed by atoms with van der Waals surface area (Å²) < 4.78 is 5.57. The second kappa shape index (κ2) is 6.41. The molecule has 1 amide bonds. The standard InChI is InChI=1S/C19H15N3O3S/c1-22-7-6-11-13(9-20)19(26-17(11)10-22)21-18(24)16-8-14(23)12-4-2-3-5-15(12)25-16/h2-5,8H,6-7,10H2,1H3,(H,21,24). The van der Waals surface area contributed by atoms with E-state index < -0.39 is 5.91 Å². The first-order chi connectivity index (χ1) is 12.6. The van der Waals surface area contributed by atoms with Crippen LogP contribution in [-0.2, 0) is 13.0 Å². The van der Waals surface area contributed by atoms with Gasteiger partial charge < -0.3 is 14.6 Å². The van der Waals surface area contributed by atoms with Gasteiger partial charge in [0, 0.05) is 24.0 Å². The van der Waals surface area contributed by atoms with Crippen LogP contribution in [-0.4, -0.2) is 24.4 Å². The minimum Gasteiger partial charge on any atom is -0.451 e. The summed E-state index contributed by atoms with van der Waals surface area (Å²) in [5.74, 6) is -0.600. The van der Waals surface area contributed by atoms with Crippen molar-refractivity contribution in [2.45, 2.75) is 13.0 Å². The summed E-state index contributed by atoms with van der Waals surface area (Å²) in [5.41, 5.74) is 1.60. The summed E-state index contributed by atoms with van der Waals surface area (Å²) in [5, 5.41) is 13.2. The lowest BCUT2D eigenvalue weighted by molar-refractivity contribution is 0.0997. The average Bonchev–Trinajstić information content (AvgIpc) is 2.97. The lowest BCUT2D eigenvalue weighted by Crippen LogP contribution is -2.25. The molecule has 1 N–H and O–H groups in total. The van der Waals surface area contributed by atoms with Gasteiger partial charge in [-0.3, -0.25) is 9.59 Å². The van der Waals surface area contributed by atoms with Gasteiger partial charge in [-0.1, -0.05) is 12.1 Å². The predicted molar refractivity (Wildman–Crippen MR) is 99.5 cm³/mol. The van der Waals surface area contributed by atoms with Gasteiger partial charge in [-0.25, -0.2) is 0 Å². The SMILES string of the molecule is CN1CCc2c(sc(NC(=O)c3cc(=O)c4ccccc4o3)c2C#N)C1. The quantitative estimate of drug-likeness (QED) is 0.754. The molecule has 0 bridgehead atoms. The molecule has 0 unspecified atom stereocenters. The molecule has 0 aliphatic carbocycles. The number of likely N-dealkylation sites (N-methyl/N-ethyl adjacent to an activating group) is 1. The fourth-order valence-electron chi connectivity index (χ4n) is 3.12. The van der Waals surface area contributed by atoms with E-state index in [0.717, 1.165) is 30.0 Å². The molecular formula is C19H15N3O3S. The second-order valence-corrected chi connectivity index (χ2v) is 7.34. The molecule has 0 saturated carbocycles. The Balaban J connectivity index is 1.69. The van der Waals surface area contributed by atoms with E-state index in [9.17, 15) is 14.9 Å². The number of anilines is 1. The largest absolute Gasteiger partial charge is 0.451 e. The molecule has 4 rings (SSSR count). The van der Waals surface area contributed by atoms with Crippen molar-refractivity contribution in [3.63, 3.8) is 0 Å². The zero-order valence-corrected chi connectivity index (χ0v) is 14.9. The number of nitriles is 1. The van der Waals surface area contributed by atoms with Crippen molar-refractivity contribution in [3.05, 3.63) is 62.3 Å². The van der Waals surface area contributed by atoms with E-state index in [0.29, 0.717) is 21.5 Å². The van der Waals surface area contributed by atoms with Crippen molar-refractivity contribution >= 4 is 33.2 Å². The van der Waals surface area contributed by atoms with Gasteiger partial charge in [-0.05, 0) is 31.2 Å². The van der Waals surface area contributed by atoms with Crippen LogP contribution in [0.4, 0.5) is 5.00 Å². The lowest BCUT2D eigenvalue weighted by atomic mass is 10.0. The molecule has 0 radical (unpaired) electrons. The van der Waals surface area contributed by atoms with Crippen LogP contribution in [0.3, 0.4) is 0 Å². The normalized spacial score (nSPS) is 14.0. The first kappa shape index (κ1) is 16.5. The summed E-state index contributed by atoms with van der Waals surface area (Å²) in [7, 11) is 2.02. The third-order valence-electron chi connectivity index (χ3n) is 4.45. The predicted octanol–water partition coefficient (Wildman–Crippen LogP) is 2.97. The molecule has 2 aromatic heterocycles. The van der Waals surface area contributed by atoms with Gasteiger partial charge in [0.1, 0.15) is 16.7 Å². The van der Waals surface area contributed by atoms with E-state index in [1.807, 2.05) is 7.05 Å². The van der Waals surface area contributed by atoms with Gasteiger partial charge in [0.25, 0.3) is 5.91 Å². The van der Waals surface area contributed by atoms with Crippen molar-refractivity contribution in [1.29, 1.82) is 5.26 Å². The average molecular weight is 365 g/mol.